The highest BCUT2D eigenvalue weighted by Gasteiger charge is 2.19. The first-order valence-corrected chi connectivity index (χ1v) is 6.53. The number of aromatic nitrogens is 1. The summed E-state index contributed by atoms with van der Waals surface area (Å²) in [5, 5.41) is 9.80. The summed E-state index contributed by atoms with van der Waals surface area (Å²) in [6.07, 6.45) is 0. The molecule has 2 rings (SSSR count). The van der Waals surface area contributed by atoms with Crippen LogP contribution in [0.3, 0.4) is 0 Å². The minimum atomic E-state index is -0.900. The average molecular weight is 287 g/mol. The van der Waals surface area contributed by atoms with Gasteiger partial charge in [-0.15, -0.1) is 0 Å². The molecule has 3 N–H and O–H groups in total. The first-order valence-electron chi connectivity index (χ1n) is 6.53. The second-order valence-electron chi connectivity index (χ2n) is 5.04. The van der Waals surface area contributed by atoms with Crippen LogP contribution in [-0.4, -0.2) is 35.6 Å². The molecule has 0 aliphatic carbocycles. The molecule has 6 nitrogen and oxygen atoms in total. The zero-order valence-corrected chi connectivity index (χ0v) is 11.9. The van der Waals surface area contributed by atoms with E-state index in [1.54, 1.807) is 24.9 Å². The highest BCUT2D eigenvalue weighted by atomic mass is 16.4. The molecule has 0 aliphatic rings. The number of nitrogens with zero attached hydrogens (tertiary/aromatic N) is 2. The molecule has 110 valence electrons. The van der Waals surface area contributed by atoms with Crippen LogP contribution in [-0.2, 0) is 4.79 Å². The van der Waals surface area contributed by atoms with E-state index in [2.05, 4.69) is 4.98 Å². The maximum atomic E-state index is 11.6. The maximum Gasteiger partial charge on any atom is 0.308 e. The van der Waals surface area contributed by atoms with Crippen molar-refractivity contribution in [3.8, 4) is 0 Å². The van der Waals surface area contributed by atoms with Crippen molar-refractivity contribution >= 4 is 28.6 Å². The molecular weight excluding hydrogens is 270 g/mol. The van der Waals surface area contributed by atoms with E-state index in [9.17, 15) is 9.59 Å². The Bertz CT molecular complexity index is 700. The Kier molecular flexibility index (Phi) is 4.07. The van der Waals surface area contributed by atoms with Gasteiger partial charge in [-0.25, -0.2) is 4.98 Å². The Morgan fingerprint density at radius 3 is 2.67 bits per heavy atom. The number of benzene rings is 1. The summed E-state index contributed by atoms with van der Waals surface area (Å²) < 4.78 is 0. The van der Waals surface area contributed by atoms with Crippen molar-refractivity contribution < 1.29 is 14.7 Å². The molecule has 0 aliphatic heterocycles. The van der Waals surface area contributed by atoms with Gasteiger partial charge in [0.1, 0.15) is 5.82 Å². The predicted molar refractivity (Wildman–Crippen MR) is 80.3 cm³/mol. The lowest BCUT2D eigenvalue weighted by Crippen LogP contribution is -2.31. The molecule has 0 saturated heterocycles. The molecule has 0 saturated carbocycles. The third kappa shape index (κ3) is 3.10. The minimum absolute atomic E-state index is 0.237. The molecule has 1 amide bonds. The number of aliphatic carboxylic acids is 1. The second-order valence-corrected chi connectivity index (χ2v) is 5.04. The number of carbonyl (C=O) groups is 2. The Labute approximate surface area is 122 Å². The largest absolute Gasteiger partial charge is 0.481 e. The van der Waals surface area contributed by atoms with E-state index in [0.717, 1.165) is 10.9 Å². The number of amides is 1. The lowest BCUT2D eigenvalue weighted by atomic mass is 10.1. The summed E-state index contributed by atoms with van der Waals surface area (Å²) >= 11 is 0. The first-order chi connectivity index (χ1) is 9.90. The van der Waals surface area contributed by atoms with Crippen LogP contribution in [0.1, 0.15) is 17.3 Å². The van der Waals surface area contributed by atoms with Gasteiger partial charge in [0, 0.05) is 19.0 Å². The fourth-order valence-corrected chi connectivity index (χ4v) is 2.15. The number of carboxylic acid groups (broad SMARTS) is 1. The fraction of sp³-hybridized carbons (Fsp3) is 0.267. The Morgan fingerprint density at radius 1 is 1.38 bits per heavy atom. The van der Waals surface area contributed by atoms with Crippen LogP contribution < -0.4 is 10.6 Å². The lowest BCUT2D eigenvalue weighted by molar-refractivity contribution is -0.140. The fourth-order valence-electron chi connectivity index (χ4n) is 2.15. The number of rotatable bonds is 5. The summed E-state index contributed by atoms with van der Waals surface area (Å²) in [5.74, 6) is -1.67. The van der Waals surface area contributed by atoms with Crippen LogP contribution in [0.4, 0.5) is 5.82 Å². The summed E-state index contributed by atoms with van der Waals surface area (Å²) in [6, 6.07) is 9.06. The summed E-state index contributed by atoms with van der Waals surface area (Å²) in [6.45, 7) is 1.84. The van der Waals surface area contributed by atoms with Crippen molar-refractivity contribution in [2.75, 3.05) is 18.5 Å². The SMILES string of the molecule is CC(CN(C)c1nc2ccccc2cc1C(N)=O)C(=O)O. The van der Waals surface area contributed by atoms with E-state index in [1.165, 1.54) is 0 Å². The van der Waals surface area contributed by atoms with Crippen molar-refractivity contribution in [1.29, 1.82) is 0 Å². The van der Waals surface area contributed by atoms with Crippen LogP contribution in [0.25, 0.3) is 10.9 Å². The topological polar surface area (TPSA) is 96.5 Å². The van der Waals surface area contributed by atoms with E-state index >= 15 is 0 Å². The van der Waals surface area contributed by atoms with Crippen molar-refractivity contribution in [2.45, 2.75) is 6.92 Å². The molecule has 0 fully saturated rings. The van der Waals surface area contributed by atoms with Crippen LogP contribution in [0.5, 0.6) is 0 Å². The molecule has 0 bridgehead atoms. The molecule has 0 spiro atoms. The van der Waals surface area contributed by atoms with Gasteiger partial charge in [-0.1, -0.05) is 25.1 Å². The Balaban J connectivity index is 2.47. The average Bonchev–Trinajstić information content (AvgIpc) is 2.45. The van der Waals surface area contributed by atoms with Gasteiger partial charge in [0.25, 0.3) is 5.91 Å². The lowest BCUT2D eigenvalue weighted by Gasteiger charge is -2.22. The Morgan fingerprint density at radius 2 is 2.05 bits per heavy atom. The van der Waals surface area contributed by atoms with Gasteiger partial charge in [0.15, 0.2) is 0 Å². The number of carboxylic acids is 1. The van der Waals surface area contributed by atoms with Crippen molar-refractivity contribution in [3.05, 3.63) is 35.9 Å². The number of hydrogen-bond donors (Lipinski definition) is 2. The summed E-state index contributed by atoms with van der Waals surface area (Å²) in [5.41, 5.74) is 6.43. The first kappa shape index (κ1) is 14.8. The molecule has 1 aromatic carbocycles. The van der Waals surface area contributed by atoms with E-state index < -0.39 is 17.8 Å². The minimum Gasteiger partial charge on any atom is -0.481 e. The molecule has 6 heteroatoms. The number of carbonyl (C=O) groups excluding carboxylic acids is 1. The van der Waals surface area contributed by atoms with Gasteiger partial charge >= 0.3 is 5.97 Å². The normalized spacial score (nSPS) is 12.1. The second kappa shape index (κ2) is 5.78. The Hall–Kier alpha value is -2.63. The number of pyridine rings is 1. The van der Waals surface area contributed by atoms with E-state index in [1.807, 2.05) is 24.3 Å². The van der Waals surface area contributed by atoms with Gasteiger partial charge in [-0.2, -0.15) is 0 Å². The van der Waals surface area contributed by atoms with Crippen LogP contribution in [0.2, 0.25) is 0 Å². The van der Waals surface area contributed by atoms with Crippen LogP contribution >= 0.6 is 0 Å². The number of fused-ring (bicyclic) bond motifs is 1. The number of para-hydroxylation sites is 1. The molecule has 0 radical (unpaired) electrons. The van der Waals surface area contributed by atoms with E-state index in [4.69, 9.17) is 10.8 Å². The van der Waals surface area contributed by atoms with Gasteiger partial charge in [-0.05, 0) is 12.1 Å². The molecule has 1 heterocycles. The molecule has 21 heavy (non-hydrogen) atoms. The van der Waals surface area contributed by atoms with Crippen LogP contribution in [0, 0.1) is 5.92 Å². The zero-order chi connectivity index (χ0) is 15.6. The predicted octanol–water partition coefficient (Wildman–Crippen LogP) is 1.49. The molecule has 2 aromatic rings. The van der Waals surface area contributed by atoms with Gasteiger partial charge in [-0.3, -0.25) is 9.59 Å². The third-order valence-corrected chi connectivity index (χ3v) is 3.30. The van der Waals surface area contributed by atoms with Gasteiger partial charge in [0.2, 0.25) is 0 Å². The van der Waals surface area contributed by atoms with Gasteiger partial charge < -0.3 is 15.7 Å². The number of primary amides is 1. The zero-order valence-electron chi connectivity index (χ0n) is 11.9. The van der Waals surface area contributed by atoms with Crippen LogP contribution in [0.15, 0.2) is 30.3 Å². The maximum absolute atomic E-state index is 11.6. The summed E-state index contributed by atoms with van der Waals surface area (Å²) in [4.78, 5) is 28.7. The third-order valence-electron chi connectivity index (χ3n) is 3.30. The number of hydrogen-bond acceptors (Lipinski definition) is 4. The highest BCUT2D eigenvalue weighted by Crippen LogP contribution is 2.23. The van der Waals surface area contributed by atoms with Crippen molar-refractivity contribution in [1.82, 2.24) is 4.98 Å². The van der Waals surface area contributed by atoms with Gasteiger partial charge in [0.05, 0.1) is 17.0 Å². The van der Waals surface area contributed by atoms with Crippen molar-refractivity contribution in [3.63, 3.8) is 0 Å². The quantitative estimate of drug-likeness (QED) is 0.868. The highest BCUT2D eigenvalue weighted by molar-refractivity contribution is 6.01. The molecule has 1 unspecified atom stereocenters. The summed E-state index contributed by atoms with van der Waals surface area (Å²) in [7, 11) is 1.70. The monoisotopic (exact) mass is 287 g/mol. The smallest absolute Gasteiger partial charge is 0.308 e. The number of nitrogens with two attached hydrogens (primary N) is 1. The molecule has 1 atom stereocenters. The van der Waals surface area contributed by atoms with Crippen molar-refractivity contribution in [2.24, 2.45) is 11.7 Å². The molecule has 1 aromatic heterocycles. The molecular formula is C15H17N3O3. The number of anilines is 1. The van der Waals surface area contributed by atoms with E-state index in [0.29, 0.717) is 5.82 Å². The van der Waals surface area contributed by atoms with E-state index in [-0.39, 0.29) is 12.1 Å². The standard InChI is InChI=1S/C15H17N3O3/c1-9(15(20)21)8-18(2)14-11(13(16)19)7-10-5-3-4-6-12(10)17-14/h3-7,9H,8H2,1-2H3,(H2,16,19)(H,20,21).